The second-order valence-corrected chi connectivity index (χ2v) is 4.76. The van der Waals surface area contributed by atoms with E-state index in [0.717, 1.165) is 17.4 Å². The van der Waals surface area contributed by atoms with Crippen LogP contribution >= 0.6 is 0 Å². The number of carbonyl (C=O) groups is 2. The van der Waals surface area contributed by atoms with Crippen LogP contribution in [0.1, 0.15) is 17.3 Å². The van der Waals surface area contributed by atoms with E-state index >= 15 is 0 Å². The monoisotopic (exact) mass is 369 g/mol. The van der Waals surface area contributed by atoms with Crippen LogP contribution in [0.2, 0.25) is 0 Å². The predicted molar refractivity (Wildman–Crippen MR) is 74.5 cm³/mol. The summed E-state index contributed by atoms with van der Waals surface area (Å²) in [4.78, 5) is 23.5. The molecule has 0 bridgehead atoms. The molecule has 4 nitrogen and oxygen atoms in total. The van der Waals surface area contributed by atoms with E-state index in [1.54, 1.807) is 0 Å². The van der Waals surface area contributed by atoms with E-state index in [-0.39, 0.29) is 0 Å². The third-order valence-electron chi connectivity index (χ3n) is 3.16. The molecule has 0 unspecified atom stereocenters. The number of carbonyl (C=O) groups excluding carboxylic acids is 2. The second-order valence-electron chi connectivity index (χ2n) is 4.76. The minimum atomic E-state index is -6.10. The number of nitrogens with one attached hydrogen (secondary N) is 1. The van der Waals surface area contributed by atoms with Crippen LogP contribution in [-0.2, 0) is 9.53 Å². The van der Waals surface area contributed by atoms with E-state index in [1.165, 1.54) is 25.1 Å². The molecular weight excluding hydrogens is 356 g/mol. The summed E-state index contributed by atoms with van der Waals surface area (Å²) >= 11 is 0. The lowest BCUT2D eigenvalue weighted by atomic mass is 9.88. The van der Waals surface area contributed by atoms with E-state index in [9.17, 15) is 35.9 Å². The molecule has 1 amide bonds. The van der Waals surface area contributed by atoms with E-state index in [0.29, 0.717) is 0 Å². The lowest BCUT2D eigenvalue weighted by molar-refractivity contribution is -0.291. The molecule has 0 saturated carbocycles. The van der Waals surface area contributed by atoms with Gasteiger partial charge in [0, 0.05) is 5.56 Å². The van der Waals surface area contributed by atoms with Gasteiger partial charge in [-0.15, -0.1) is 0 Å². The molecule has 0 aliphatic rings. The molecule has 10 heteroatoms. The van der Waals surface area contributed by atoms with Gasteiger partial charge in [-0.3, -0.25) is 4.79 Å². The van der Waals surface area contributed by atoms with Gasteiger partial charge in [0.15, 0.2) is 0 Å². The van der Waals surface area contributed by atoms with Crippen LogP contribution in [0.25, 0.3) is 0 Å². The summed E-state index contributed by atoms with van der Waals surface area (Å²) in [6.07, 6.45) is -12.2. The number of hydrogen-bond donors (Lipinski definition) is 1. The van der Waals surface area contributed by atoms with Crippen molar-refractivity contribution in [3.8, 4) is 0 Å². The maximum Gasteiger partial charge on any atom is 0.425 e. The highest BCUT2D eigenvalue weighted by Crippen LogP contribution is 2.47. The number of ether oxygens (including phenoxy) is 1. The van der Waals surface area contributed by atoms with Gasteiger partial charge in [-0.2, -0.15) is 26.3 Å². The van der Waals surface area contributed by atoms with Crippen molar-refractivity contribution in [2.45, 2.75) is 24.8 Å². The van der Waals surface area contributed by atoms with E-state index in [1.807, 2.05) is 0 Å². The molecule has 0 aliphatic heterocycles. The first-order valence-electron chi connectivity index (χ1n) is 6.76. The number of amides is 1. The second kappa shape index (κ2) is 7.16. The Bertz CT molecular complexity index is 637. The number of halogens is 6. The van der Waals surface area contributed by atoms with Gasteiger partial charge in [0.05, 0.1) is 12.2 Å². The fraction of sp³-hybridized carbons (Fsp3) is 0.333. The molecule has 0 radical (unpaired) electrons. The topological polar surface area (TPSA) is 55.4 Å². The zero-order valence-electron chi connectivity index (χ0n) is 12.8. The van der Waals surface area contributed by atoms with Gasteiger partial charge in [0.25, 0.3) is 11.4 Å². The summed E-state index contributed by atoms with van der Waals surface area (Å²) in [6.45, 7) is 3.31. The van der Waals surface area contributed by atoms with Crippen LogP contribution in [0.4, 0.5) is 26.3 Å². The molecule has 0 spiro atoms. The van der Waals surface area contributed by atoms with Crippen LogP contribution in [0.15, 0.2) is 42.5 Å². The van der Waals surface area contributed by atoms with Crippen molar-refractivity contribution in [3.05, 3.63) is 48.0 Å². The van der Waals surface area contributed by atoms with Crippen LogP contribution in [-0.4, -0.2) is 36.4 Å². The largest absolute Gasteiger partial charge is 0.463 e. The van der Waals surface area contributed by atoms with Crippen LogP contribution < -0.4 is 5.32 Å². The van der Waals surface area contributed by atoms with Gasteiger partial charge in [-0.05, 0) is 19.1 Å². The Morgan fingerprint density at radius 3 is 1.92 bits per heavy atom. The van der Waals surface area contributed by atoms with E-state index in [2.05, 4.69) is 11.3 Å². The number of hydrogen-bond acceptors (Lipinski definition) is 3. The zero-order chi connectivity index (χ0) is 19.5. The van der Waals surface area contributed by atoms with Crippen molar-refractivity contribution < 1.29 is 40.7 Å². The molecule has 1 aromatic carbocycles. The van der Waals surface area contributed by atoms with Gasteiger partial charge >= 0.3 is 18.3 Å². The lowest BCUT2D eigenvalue weighted by Crippen LogP contribution is -2.69. The van der Waals surface area contributed by atoms with Crippen LogP contribution in [0.3, 0.4) is 0 Å². The van der Waals surface area contributed by atoms with Crippen LogP contribution in [0, 0.1) is 0 Å². The van der Waals surface area contributed by atoms with Crippen molar-refractivity contribution in [2.75, 3.05) is 6.61 Å². The number of alkyl halides is 6. The molecular formula is C15H13F6NO3. The first-order valence-corrected chi connectivity index (χ1v) is 6.76. The Morgan fingerprint density at radius 1 is 1.04 bits per heavy atom. The summed E-state index contributed by atoms with van der Waals surface area (Å²) in [5.41, 5.74) is -7.44. The molecule has 25 heavy (non-hydrogen) atoms. The number of rotatable bonds is 5. The third kappa shape index (κ3) is 3.94. The minimum absolute atomic E-state index is 0.461. The summed E-state index contributed by atoms with van der Waals surface area (Å²) in [6, 6.07) is 5.94. The maximum atomic E-state index is 13.4. The SMILES string of the molecule is C=C(C(=O)OCC)C(NC(=O)c1ccccc1)(C(F)(F)F)C(F)(F)F. The molecule has 0 aromatic heterocycles. The lowest BCUT2D eigenvalue weighted by Gasteiger charge is -2.38. The van der Waals surface area contributed by atoms with Crippen molar-refractivity contribution in [2.24, 2.45) is 0 Å². The molecule has 138 valence electrons. The Morgan fingerprint density at radius 2 is 1.52 bits per heavy atom. The van der Waals surface area contributed by atoms with Crippen molar-refractivity contribution in [3.63, 3.8) is 0 Å². The third-order valence-corrected chi connectivity index (χ3v) is 3.16. The zero-order valence-corrected chi connectivity index (χ0v) is 12.8. The maximum absolute atomic E-state index is 13.4. The standard InChI is InChI=1S/C15H13F6NO3/c1-3-25-12(24)9(2)13(14(16,17)18,15(19,20)21)22-11(23)10-7-5-4-6-8-10/h4-8H,2-3H2,1H3,(H,22,23). The average Bonchev–Trinajstić information content (AvgIpc) is 2.50. The Kier molecular flexibility index (Phi) is 5.88. The first-order chi connectivity index (χ1) is 11.4. The molecule has 1 aromatic rings. The molecule has 0 heterocycles. The van der Waals surface area contributed by atoms with Gasteiger partial charge in [-0.25, -0.2) is 4.79 Å². The normalized spacial score (nSPS) is 12.4. The van der Waals surface area contributed by atoms with Crippen LogP contribution in [0.5, 0.6) is 0 Å². The smallest absolute Gasteiger partial charge is 0.425 e. The van der Waals surface area contributed by atoms with Crippen molar-refractivity contribution >= 4 is 11.9 Å². The fourth-order valence-electron chi connectivity index (χ4n) is 1.92. The van der Waals surface area contributed by atoms with Gasteiger partial charge < -0.3 is 10.1 Å². The number of esters is 1. The number of benzene rings is 1. The van der Waals surface area contributed by atoms with Crippen molar-refractivity contribution in [1.29, 1.82) is 0 Å². The summed E-state index contributed by atoms with van der Waals surface area (Å²) in [7, 11) is 0. The van der Waals surface area contributed by atoms with Gasteiger partial charge in [-0.1, -0.05) is 24.8 Å². The molecule has 1 rings (SSSR count). The highest BCUT2D eigenvalue weighted by Gasteiger charge is 2.74. The molecule has 0 atom stereocenters. The quantitative estimate of drug-likeness (QED) is 0.492. The highest BCUT2D eigenvalue weighted by molar-refractivity contribution is 5.98. The molecule has 0 fully saturated rings. The summed E-state index contributed by atoms with van der Waals surface area (Å²) < 4.78 is 84.6. The highest BCUT2D eigenvalue weighted by atomic mass is 19.4. The predicted octanol–water partition coefficient (Wildman–Crippen LogP) is 3.40. The fourth-order valence-corrected chi connectivity index (χ4v) is 1.92. The van der Waals surface area contributed by atoms with E-state index in [4.69, 9.17) is 0 Å². The summed E-state index contributed by atoms with van der Waals surface area (Å²) in [5.74, 6) is -3.61. The summed E-state index contributed by atoms with van der Waals surface area (Å²) in [5, 5.41) is 0.877. The Labute approximate surface area is 138 Å². The average molecular weight is 369 g/mol. The molecule has 0 saturated heterocycles. The molecule has 1 N–H and O–H groups in total. The Balaban J connectivity index is 3.48. The Hall–Kier alpha value is -2.52. The van der Waals surface area contributed by atoms with Gasteiger partial charge in [0.1, 0.15) is 0 Å². The first kappa shape index (κ1) is 20.5. The van der Waals surface area contributed by atoms with E-state index < -0.39 is 47.5 Å². The minimum Gasteiger partial charge on any atom is -0.463 e. The van der Waals surface area contributed by atoms with Crippen molar-refractivity contribution in [1.82, 2.24) is 5.32 Å². The van der Waals surface area contributed by atoms with Gasteiger partial charge in [0.2, 0.25) is 0 Å². The molecule has 0 aliphatic carbocycles.